The number of halogens is 1. The molecule has 1 aromatic heterocycles. The van der Waals surface area contributed by atoms with Crippen molar-refractivity contribution in [1.82, 2.24) is 9.97 Å². The van der Waals surface area contributed by atoms with E-state index in [4.69, 9.17) is 0 Å². The molecule has 2 rings (SSSR count). The molecule has 0 N–H and O–H groups in total. The molecule has 0 atom stereocenters. The molecule has 4 heteroatoms. The summed E-state index contributed by atoms with van der Waals surface area (Å²) in [5.74, 6) is 0.590. The van der Waals surface area contributed by atoms with Crippen LogP contribution in [0.15, 0.2) is 41.1 Å². The van der Waals surface area contributed by atoms with E-state index in [9.17, 15) is 4.79 Å². The number of hydrogen-bond donors (Lipinski definition) is 0. The second kappa shape index (κ2) is 5.19. The van der Waals surface area contributed by atoms with Gasteiger partial charge in [-0.2, -0.15) is 0 Å². The summed E-state index contributed by atoms with van der Waals surface area (Å²) in [5.41, 5.74) is 1.68. The van der Waals surface area contributed by atoms with Crippen LogP contribution in [0, 0.1) is 6.92 Å². The number of benzene rings is 1. The van der Waals surface area contributed by atoms with Gasteiger partial charge in [-0.15, -0.1) is 0 Å². The average Bonchev–Trinajstić information content (AvgIpc) is 2.33. The van der Waals surface area contributed by atoms with Crippen LogP contribution < -0.4 is 0 Å². The fourth-order valence-corrected chi connectivity index (χ4v) is 1.92. The highest BCUT2D eigenvalue weighted by Crippen LogP contribution is 2.17. The van der Waals surface area contributed by atoms with Gasteiger partial charge >= 0.3 is 0 Å². The SMILES string of the molecule is Cc1ccc(Br)cc1C(=O)Cc1ncccn1. The van der Waals surface area contributed by atoms with Gasteiger partial charge in [0.2, 0.25) is 0 Å². The quantitative estimate of drug-likeness (QED) is 0.816. The standard InChI is InChI=1S/C13H11BrN2O/c1-9-3-4-10(14)7-11(9)12(17)8-13-15-5-2-6-16-13/h2-7H,8H2,1H3. The highest BCUT2D eigenvalue weighted by molar-refractivity contribution is 9.10. The molecule has 86 valence electrons. The molecule has 17 heavy (non-hydrogen) atoms. The lowest BCUT2D eigenvalue weighted by molar-refractivity contribution is 0.0990. The van der Waals surface area contributed by atoms with Crippen molar-refractivity contribution in [3.8, 4) is 0 Å². The highest BCUT2D eigenvalue weighted by Gasteiger charge is 2.11. The Morgan fingerprint density at radius 2 is 2.00 bits per heavy atom. The third-order valence-corrected chi connectivity index (χ3v) is 2.93. The van der Waals surface area contributed by atoms with E-state index in [-0.39, 0.29) is 12.2 Å². The van der Waals surface area contributed by atoms with Crippen LogP contribution in [0.25, 0.3) is 0 Å². The summed E-state index contributed by atoms with van der Waals surface area (Å²) in [6.45, 7) is 1.92. The van der Waals surface area contributed by atoms with Crippen LogP contribution in [0.4, 0.5) is 0 Å². The minimum absolute atomic E-state index is 0.0370. The summed E-state index contributed by atoms with van der Waals surface area (Å²) in [4.78, 5) is 20.2. The lowest BCUT2D eigenvalue weighted by Gasteiger charge is -2.04. The summed E-state index contributed by atoms with van der Waals surface area (Å²) in [7, 11) is 0. The number of aryl methyl sites for hydroxylation is 1. The van der Waals surface area contributed by atoms with Gasteiger partial charge in [0.25, 0.3) is 0 Å². The smallest absolute Gasteiger partial charge is 0.170 e. The summed E-state index contributed by atoms with van der Waals surface area (Å²) >= 11 is 3.37. The minimum Gasteiger partial charge on any atom is -0.294 e. The van der Waals surface area contributed by atoms with Gasteiger partial charge in [-0.25, -0.2) is 9.97 Å². The predicted molar refractivity (Wildman–Crippen MR) is 68.9 cm³/mol. The van der Waals surface area contributed by atoms with Crippen molar-refractivity contribution in [2.24, 2.45) is 0 Å². The van der Waals surface area contributed by atoms with Crippen molar-refractivity contribution < 1.29 is 4.79 Å². The maximum absolute atomic E-state index is 12.1. The van der Waals surface area contributed by atoms with E-state index >= 15 is 0 Å². The molecular weight excluding hydrogens is 280 g/mol. The highest BCUT2D eigenvalue weighted by atomic mass is 79.9. The maximum atomic E-state index is 12.1. The van der Waals surface area contributed by atoms with E-state index in [0.717, 1.165) is 10.0 Å². The van der Waals surface area contributed by atoms with Crippen LogP contribution in [0.1, 0.15) is 21.7 Å². The van der Waals surface area contributed by atoms with Crippen LogP contribution in [-0.2, 0) is 6.42 Å². The molecule has 1 aromatic carbocycles. The Kier molecular flexibility index (Phi) is 3.64. The minimum atomic E-state index is 0.0370. The van der Waals surface area contributed by atoms with Gasteiger partial charge in [0.15, 0.2) is 5.78 Å². The van der Waals surface area contributed by atoms with E-state index in [1.165, 1.54) is 0 Å². The van der Waals surface area contributed by atoms with Crippen LogP contribution in [-0.4, -0.2) is 15.8 Å². The first-order chi connectivity index (χ1) is 8.16. The largest absolute Gasteiger partial charge is 0.294 e. The topological polar surface area (TPSA) is 42.9 Å². The lowest BCUT2D eigenvalue weighted by atomic mass is 10.0. The molecule has 0 saturated heterocycles. The van der Waals surface area contributed by atoms with Crippen LogP contribution in [0.3, 0.4) is 0 Å². The molecular formula is C13H11BrN2O. The van der Waals surface area contributed by atoms with E-state index in [1.807, 2.05) is 25.1 Å². The van der Waals surface area contributed by atoms with E-state index < -0.39 is 0 Å². The van der Waals surface area contributed by atoms with Crippen LogP contribution in [0.5, 0.6) is 0 Å². The number of aromatic nitrogens is 2. The molecule has 0 aliphatic heterocycles. The van der Waals surface area contributed by atoms with Gasteiger partial charge in [0, 0.05) is 22.4 Å². The number of hydrogen-bond acceptors (Lipinski definition) is 3. The molecule has 0 spiro atoms. The van der Waals surface area contributed by atoms with E-state index in [2.05, 4.69) is 25.9 Å². The number of nitrogens with zero attached hydrogens (tertiary/aromatic N) is 2. The number of rotatable bonds is 3. The fourth-order valence-electron chi connectivity index (χ4n) is 1.55. The van der Waals surface area contributed by atoms with Crippen molar-refractivity contribution in [3.05, 3.63) is 58.1 Å². The molecule has 0 aliphatic rings. The van der Waals surface area contributed by atoms with Crippen LogP contribution >= 0.6 is 15.9 Å². The molecule has 0 fully saturated rings. The van der Waals surface area contributed by atoms with Crippen molar-refractivity contribution in [2.75, 3.05) is 0 Å². The van der Waals surface area contributed by atoms with Gasteiger partial charge in [-0.1, -0.05) is 22.0 Å². The Labute approximate surface area is 108 Å². The first-order valence-corrected chi connectivity index (χ1v) is 6.01. The summed E-state index contributed by atoms with van der Waals surface area (Å²) < 4.78 is 0.903. The van der Waals surface area contributed by atoms with Crippen molar-refractivity contribution >= 4 is 21.7 Å². The summed E-state index contributed by atoms with van der Waals surface area (Å²) in [6.07, 6.45) is 3.52. The van der Waals surface area contributed by atoms with Crippen molar-refractivity contribution in [2.45, 2.75) is 13.3 Å². The monoisotopic (exact) mass is 290 g/mol. The number of ketones is 1. The van der Waals surface area contributed by atoms with Crippen molar-refractivity contribution in [3.63, 3.8) is 0 Å². The zero-order valence-corrected chi connectivity index (χ0v) is 10.9. The number of carbonyl (C=O) groups is 1. The Balaban J connectivity index is 2.23. The molecule has 0 amide bonds. The Morgan fingerprint density at radius 3 is 2.71 bits per heavy atom. The average molecular weight is 291 g/mol. The van der Waals surface area contributed by atoms with Gasteiger partial charge < -0.3 is 0 Å². The van der Waals surface area contributed by atoms with Crippen molar-refractivity contribution in [1.29, 1.82) is 0 Å². The second-order valence-electron chi connectivity index (χ2n) is 3.72. The molecule has 0 bridgehead atoms. The van der Waals surface area contributed by atoms with E-state index in [1.54, 1.807) is 18.5 Å². The molecule has 0 aliphatic carbocycles. The zero-order valence-electron chi connectivity index (χ0n) is 9.35. The zero-order chi connectivity index (χ0) is 12.3. The summed E-state index contributed by atoms with van der Waals surface area (Å²) in [6, 6.07) is 7.41. The molecule has 0 unspecified atom stereocenters. The first-order valence-electron chi connectivity index (χ1n) is 5.22. The van der Waals surface area contributed by atoms with Gasteiger partial charge in [-0.3, -0.25) is 4.79 Å². The molecule has 3 nitrogen and oxygen atoms in total. The lowest BCUT2D eigenvalue weighted by Crippen LogP contribution is -2.08. The molecule has 0 radical (unpaired) electrons. The molecule has 0 saturated carbocycles. The Morgan fingerprint density at radius 1 is 1.29 bits per heavy atom. The second-order valence-corrected chi connectivity index (χ2v) is 4.64. The number of Topliss-reactive ketones (excluding diaryl/α,β-unsaturated/α-hetero) is 1. The van der Waals surface area contributed by atoms with E-state index in [0.29, 0.717) is 11.4 Å². The third kappa shape index (κ3) is 2.97. The van der Waals surface area contributed by atoms with Gasteiger partial charge in [-0.05, 0) is 30.7 Å². The Bertz CT molecular complexity index is 540. The molecule has 1 heterocycles. The third-order valence-electron chi connectivity index (χ3n) is 2.44. The normalized spacial score (nSPS) is 10.2. The van der Waals surface area contributed by atoms with Crippen LogP contribution in [0.2, 0.25) is 0 Å². The number of carbonyl (C=O) groups excluding carboxylic acids is 1. The Hall–Kier alpha value is -1.55. The van der Waals surface area contributed by atoms with Gasteiger partial charge in [0.1, 0.15) is 5.82 Å². The first kappa shape index (κ1) is 11.9. The fraction of sp³-hybridized carbons (Fsp3) is 0.154. The van der Waals surface area contributed by atoms with Gasteiger partial charge in [0.05, 0.1) is 6.42 Å². The summed E-state index contributed by atoms with van der Waals surface area (Å²) in [5, 5.41) is 0. The molecule has 2 aromatic rings. The predicted octanol–water partition coefficient (Wildman–Crippen LogP) is 2.97. The maximum Gasteiger partial charge on any atom is 0.170 e.